The van der Waals surface area contributed by atoms with Gasteiger partial charge in [0.15, 0.2) is 0 Å². The van der Waals surface area contributed by atoms with Gasteiger partial charge < -0.3 is 10.2 Å². The average Bonchev–Trinajstić information content (AvgIpc) is 2.98. The number of rotatable bonds is 2. The van der Waals surface area contributed by atoms with Crippen molar-refractivity contribution in [2.45, 2.75) is 63.7 Å². The maximum absolute atomic E-state index is 3.69. The number of benzene rings is 1. The van der Waals surface area contributed by atoms with Gasteiger partial charge in [-0.3, -0.25) is 0 Å². The molecular formula is C23H34N2. The lowest BCUT2D eigenvalue weighted by Gasteiger charge is -2.45. The van der Waals surface area contributed by atoms with Crippen molar-refractivity contribution >= 4 is 5.69 Å². The molecule has 5 rings (SSSR count). The van der Waals surface area contributed by atoms with Crippen LogP contribution in [0.2, 0.25) is 0 Å². The standard InChI is InChI=1S/C23H34N2/c1-17-5-8-22-21(13-17)23(16-24-22)9-11-25(12-10-23)15-20-7-6-18-3-2-4-19(20)14-18/h5,8,13,18-20,24H,2-4,6-7,9-12,14-16H2,1H3. The van der Waals surface area contributed by atoms with Crippen LogP contribution in [0.3, 0.4) is 0 Å². The summed E-state index contributed by atoms with van der Waals surface area (Å²) in [7, 11) is 0. The third-order valence-electron chi connectivity index (χ3n) is 8.11. The number of aryl methyl sites for hydroxylation is 1. The molecule has 1 aromatic carbocycles. The van der Waals surface area contributed by atoms with E-state index in [0.717, 1.165) is 24.3 Å². The Hall–Kier alpha value is -1.02. The van der Waals surface area contributed by atoms with Crippen molar-refractivity contribution in [3.8, 4) is 0 Å². The van der Waals surface area contributed by atoms with E-state index in [1.165, 1.54) is 75.8 Å². The summed E-state index contributed by atoms with van der Waals surface area (Å²) < 4.78 is 0. The van der Waals surface area contributed by atoms with E-state index < -0.39 is 0 Å². The van der Waals surface area contributed by atoms with Crippen molar-refractivity contribution in [2.24, 2.45) is 17.8 Å². The highest BCUT2D eigenvalue weighted by Crippen LogP contribution is 2.46. The zero-order valence-electron chi connectivity index (χ0n) is 15.9. The van der Waals surface area contributed by atoms with Crippen LogP contribution in [0.25, 0.3) is 0 Å². The summed E-state index contributed by atoms with van der Waals surface area (Å²) in [4.78, 5) is 2.82. The molecular weight excluding hydrogens is 304 g/mol. The van der Waals surface area contributed by atoms with Gasteiger partial charge in [0.1, 0.15) is 0 Å². The first-order chi connectivity index (χ1) is 12.2. The zero-order chi connectivity index (χ0) is 16.9. The molecule has 2 heterocycles. The highest BCUT2D eigenvalue weighted by molar-refractivity contribution is 5.61. The molecule has 2 aliphatic heterocycles. The molecule has 2 bridgehead atoms. The molecule has 0 radical (unpaired) electrons. The van der Waals surface area contributed by atoms with Crippen LogP contribution < -0.4 is 5.32 Å². The molecule has 2 saturated carbocycles. The second-order valence-corrected chi connectivity index (χ2v) is 9.61. The Morgan fingerprint density at radius 2 is 2.00 bits per heavy atom. The fraction of sp³-hybridized carbons (Fsp3) is 0.739. The Kier molecular flexibility index (Phi) is 4.08. The Balaban J connectivity index is 1.23. The quantitative estimate of drug-likeness (QED) is 0.819. The molecule has 2 heteroatoms. The van der Waals surface area contributed by atoms with Crippen LogP contribution in [0.5, 0.6) is 0 Å². The van der Waals surface area contributed by atoms with Gasteiger partial charge in [0.05, 0.1) is 0 Å². The zero-order valence-corrected chi connectivity index (χ0v) is 15.9. The molecule has 3 fully saturated rings. The van der Waals surface area contributed by atoms with Gasteiger partial charge in [0.2, 0.25) is 0 Å². The predicted molar refractivity (Wildman–Crippen MR) is 105 cm³/mol. The average molecular weight is 339 g/mol. The Bertz CT molecular complexity index is 629. The third-order valence-corrected chi connectivity index (χ3v) is 8.11. The molecule has 3 atom stereocenters. The van der Waals surface area contributed by atoms with Gasteiger partial charge in [-0.1, -0.05) is 43.4 Å². The molecule has 25 heavy (non-hydrogen) atoms. The lowest BCUT2D eigenvalue weighted by molar-refractivity contribution is 0.0694. The number of anilines is 1. The maximum Gasteiger partial charge on any atom is 0.0379 e. The minimum atomic E-state index is 0.417. The summed E-state index contributed by atoms with van der Waals surface area (Å²) in [6, 6.07) is 7.00. The molecule has 136 valence electrons. The molecule has 4 aliphatic rings. The number of piperidine rings is 1. The van der Waals surface area contributed by atoms with Crippen molar-refractivity contribution in [3.05, 3.63) is 29.3 Å². The van der Waals surface area contributed by atoms with Gasteiger partial charge >= 0.3 is 0 Å². The van der Waals surface area contributed by atoms with Crippen LogP contribution in [0, 0.1) is 24.7 Å². The van der Waals surface area contributed by atoms with Crippen LogP contribution in [-0.4, -0.2) is 31.1 Å². The number of nitrogens with zero attached hydrogens (tertiary/aromatic N) is 1. The first kappa shape index (κ1) is 16.2. The van der Waals surface area contributed by atoms with Crippen LogP contribution in [0.15, 0.2) is 18.2 Å². The van der Waals surface area contributed by atoms with E-state index >= 15 is 0 Å². The van der Waals surface area contributed by atoms with E-state index in [1.807, 2.05) is 0 Å². The Labute approximate surface area is 153 Å². The van der Waals surface area contributed by atoms with E-state index in [4.69, 9.17) is 0 Å². The summed E-state index contributed by atoms with van der Waals surface area (Å²) in [5, 5.41) is 3.69. The summed E-state index contributed by atoms with van der Waals surface area (Å²) >= 11 is 0. The van der Waals surface area contributed by atoms with Crippen molar-refractivity contribution < 1.29 is 0 Å². The molecule has 0 aromatic heterocycles. The van der Waals surface area contributed by atoms with E-state index in [-0.39, 0.29) is 0 Å². The molecule has 1 saturated heterocycles. The minimum Gasteiger partial charge on any atom is -0.384 e. The van der Waals surface area contributed by atoms with Crippen molar-refractivity contribution in [3.63, 3.8) is 0 Å². The monoisotopic (exact) mass is 338 g/mol. The van der Waals surface area contributed by atoms with Gasteiger partial charge in [-0.2, -0.15) is 0 Å². The predicted octanol–water partition coefficient (Wildman–Crippen LogP) is 4.97. The van der Waals surface area contributed by atoms with Gasteiger partial charge in [-0.25, -0.2) is 0 Å². The fourth-order valence-corrected chi connectivity index (χ4v) is 6.50. The van der Waals surface area contributed by atoms with Crippen molar-refractivity contribution in [1.29, 1.82) is 0 Å². The molecule has 2 aliphatic carbocycles. The number of nitrogens with one attached hydrogen (secondary N) is 1. The summed E-state index contributed by atoms with van der Waals surface area (Å²) in [5.41, 5.74) is 4.85. The van der Waals surface area contributed by atoms with Gasteiger partial charge in [0, 0.05) is 24.2 Å². The van der Waals surface area contributed by atoms with Crippen LogP contribution in [0.4, 0.5) is 5.69 Å². The van der Waals surface area contributed by atoms with Gasteiger partial charge in [0.25, 0.3) is 0 Å². The highest BCUT2D eigenvalue weighted by atomic mass is 15.1. The molecule has 3 unspecified atom stereocenters. The lowest BCUT2D eigenvalue weighted by Crippen LogP contribution is -2.46. The fourth-order valence-electron chi connectivity index (χ4n) is 6.50. The van der Waals surface area contributed by atoms with Crippen molar-refractivity contribution in [1.82, 2.24) is 4.90 Å². The SMILES string of the molecule is Cc1ccc2c(c1)C1(CCN(CC3CCC4CCCC3C4)CC1)CN2. The van der Waals surface area contributed by atoms with Crippen molar-refractivity contribution in [2.75, 3.05) is 31.5 Å². The summed E-state index contributed by atoms with van der Waals surface area (Å²) in [6.45, 7) is 7.40. The van der Waals surface area contributed by atoms with Crippen LogP contribution >= 0.6 is 0 Å². The van der Waals surface area contributed by atoms with E-state index in [9.17, 15) is 0 Å². The number of hydrogen-bond donors (Lipinski definition) is 1. The van der Waals surface area contributed by atoms with E-state index in [1.54, 1.807) is 12.0 Å². The summed E-state index contributed by atoms with van der Waals surface area (Å²) in [5.74, 6) is 3.14. The number of hydrogen-bond acceptors (Lipinski definition) is 2. The highest BCUT2D eigenvalue weighted by Gasteiger charge is 2.42. The molecule has 0 amide bonds. The van der Waals surface area contributed by atoms with E-state index in [0.29, 0.717) is 5.41 Å². The van der Waals surface area contributed by atoms with Crippen LogP contribution in [-0.2, 0) is 5.41 Å². The molecule has 1 spiro atoms. The largest absolute Gasteiger partial charge is 0.384 e. The normalized spacial score (nSPS) is 33.9. The topological polar surface area (TPSA) is 15.3 Å². The Morgan fingerprint density at radius 1 is 1.12 bits per heavy atom. The third kappa shape index (κ3) is 2.91. The maximum atomic E-state index is 3.69. The first-order valence-electron chi connectivity index (χ1n) is 10.8. The Morgan fingerprint density at radius 3 is 2.88 bits per heavy atom. The lowest BCUT2D eigenvalue weighted by atomic mass is 9.66. The second kappa shape index (κ2) is 6.30. The molecule has 1 N–H and O–H groups in total. The first-order valence-corrected chi connectivity index (χ1v) is 10.8. The second-order valence-electron chi connectivity index (χ2n) is 9.61. The van der Waals surface area contributed by atoms with Gasteiger partial charge in [-0.05, 0) is 75.1 Å². The number of likely N-dealkylation sites (tertiary alicyclic amines) is 1. The van der Waals surface area contributed by atoms with E-state index in [2.05, 4.69) is 35.3 Å². The minimum absolute atomic E-state index is 0.417. The smallest absolute Gasteiger partial charge is 0.0379 e. The number of fused-ring (bicyclic) bond motifs is 4. The van der Waals surface area contributed by atoms with Crippen LogP contribution in [0.1, 0.15) is 62.5 Å². The summed E-state index contributed by atoms with van der Waals surface area (Å²) in [6.07, 6.45) is 11.8. The van der Waals surface area contributed by atoms with Gasteiger partial charge in [-0.15, -0.1) is 0 Å². The molecule has 2 nitrogen and oxygen atoms in total. The molecule has 1 aromatic rings.